The van der Waals surface area contributed by atoms with E-state index in [9.17, 15) is 33.6 Å². The maximum Gasteiger partial charge on any atom is 0.312 e. The highest BCUT2D eigenvalue weighted by Gasteiger charge is 2.29. The van der Waals surface area contributed by atoms with Crippen LogP contribution in [-0.2, 0) is 40.1 Å². The van der Waals surface area contributed by atoms with Crippen LogP contribution in [0.25, 0.3) is 0 Å². The summed E-state index contributed by atoms with van der Waals surface area (Å²) in [5.41, 5.74) is 6.26. The van der Waals surface area contributed by atoms with Crippen LogP contribution in [0.4, 0.5) is 10.5 Å². The highest BCUT2D eigenvalue weighted by Crippen LogP contribution is 2.13. The van der Waals surface area contributed by atoms with Crippen molar-refractivity contribution < 1.29 is 38.3 Å². The van der Waals surface area contributed by atoms with Gasteiger partial charge in [-0.1, -0.05) is 26.0 Å². The fraction of sp³-hybridized carbons (Fsp3) is 0.464. The van der Waals surface area contributed by atoms with Gasteiger partial charge in [-0.15, -0.1) is 0 Å². The van der Waals surface area contributed by atoms with E-state index in [-0.39, 0.29) is 44.9 Å². The van der Waals surface area contributed by atoms with E-state index < -0.39 is 53.6 Å². The molecule has 1 aromatic carbocycles. The number of hydrogen-bond donors (Lipinski definition) is 5. The Bertz CT molecular complexity index is 1180. The molecule has 0 aliphatic carbocycles. The number of anilines is 1. The van der Waals surface area contributed by atoms with Gasteiger partial charge in [-0.3, -0.25) is 33.7 Å². The first-order valence-electron chi connectivity index (χ1n) is 13.6. The lowest BCUT2D eigenvalue weighted by atomic mass is 10.0. The zero-order valence-corrected chi connectivity index (χ0v) is 23.9. The van der Waals surface area contributed by atoms with Crippen molar-refractivity contribution in [1.29, 1.82) is 0 Å². The van der Waals surface area contributed by atoms with Crippen molar-refractivity contribution in [2.75, 3.05) is 18.4 Å². The summed E-state index contributed by atoms with van der Waals surface area (Å²) in [6, 6.07) is 3.92. The average Bonchev–Trinajstić information content (AvgIpc) is 3.24. The van der Waals surface area contributed by atoms with Crippen molar-refractivity contribution >= 4 is 47.2 Å². The number of ether oxygens (including phenoxy) is 1. The van der Waals surface area contributed by atoms with Gasteiger partial charge in [0.15, 0.2) is 0 Å². The fourth-order valence-corrected chi connectivity index (χ4v) is 3.98. The van der Waals surface area contributed by atoms with Gasteiger partial charge in [0, 0.05) is 44.3 Å². The quantitative estimate of drug-likeness (QED) is 0.104. The number of primary amides is 1. The number of imide groups is 1. The Morgan fingerprint density at radius 3 is 2.14 bits per heavy atom. The van der Waals surface area contributed by atoms with Crippen LogP contribution in [0.1, 0.15) is 52.0 Å². The number of rotatable bonds is 16. The lowest BCUT2D eigenvalue weighted by molar-refractivity contribution is -0.142. The van der Waals surface area contributed by atoms with E-state index in [1.165, 1.54) is 19.1 Å². The van der Waals surface area contributed by atoms with Crippen LogP contribution in [0.2, 0.25) is 0 Å². The maximum atomic E-state index is 13.2. The normalized spacial score (nSPS) is 13.9. The van der Waals surface area contributed by atoms with E-state index in [1.807, 2.05) is 0 Å². The molecule has 1 aliphatic rings. The van der Waals surface area contributed by atoms with Crippen molar-refractivity contribution in [3.8, 4) is 0 Å². The topological polar surface area (TPSA) is 206 Å². The molecule has 14 heteroatoms. The van der Waals surface area contributed by atoms with E-state index in [2.05, 4.69) is 21.3 Å². The van der Waals surface area contributed by atoms with Gasteiger partial charge in [-0.05, 0) is 42.9 Å². The molecule has 0 saturated heterocycles. The number of nitrogens with zero attached hydrogens (tertiary/aromatic N) is 1. The monoisotopic (exact) mass is 586 g/mol. The third kappa shape index (κ3) is 11.4. The smallest absolute Gasteiger partial charge is 0.312 e. The van der Waals surface area contributed by atoms with E-state index in [1.54, 1.807) is 38.1 Å². The predicted octanol–water partition coefficient (Wildman–Crippen LogP) is 0.468. The molecule has 1 aliphatic heterocycles. The van der Waals surface area contributed by atoms with Gasteiger partial charge in [0.1, 0.15) is 18.7 Å². The Morgan fingerprint density at radius 1 is 0.929 bits per heavy atom. The van der Waals surface area contributed by atoms with Gasteiger partial charge < -0.3 is 31.7 Å². The average molecular weight is 587 g/mol. The highest BCUT2D eigenvalue weighted by molar-refractivity contribution is 6.12. The summed E-state index contributed by atoms with van der Waals surface area (Å²) in [5, 5.41) is 10.5. The molecule has 0 fully saturated rings. The first-order chi connectivity index (χ1) is 19.9. The summed E-state index contributed by atoms with van der Waals surface area (Å²) in [4.78, 5) is 85.4. The molecule has 7 amide bonds. The van der Waals surface area contributed by atoms with E-state index in [0.29, 0.717) is 12.1 Å². The number of hydrogen-bond acceptors (Lipinski definition) is 8. The third-order valence-corrected chi connectivity index (χ3v) is 6.22. The van der Waals surface area contributed by atoms with Gasteiger partial charge in [0.2, 0.25) is 17.7 Å². The van der Waals surface area contributed by atoms with Crippen molar-refractivity contribution in [2.24, 2.45) is 11.7 Å². The molecule has 6 N–H and O–H groups in total. The Balaban J connectivity index is 2.01. The molecule has 0 aromatic heterocycles. The number of benzene rings is 1. The van der Waals surface area contributed by atoms with Gasteiger partial charge >= 0.3 is 12.0 Å². The summed E-state index contributed by atoms with van der Waals surface area (Å²) in [6.45, 7) is 5.12. The number of amides is 7. The van der Waals surface area contributed by atoms with Crippen molar-refractivity contribution in [3.63, 3.8) is 0 Å². The molecule has 228 valence electrons. The van der Waals surface area contributed by atoms with Crippen LogP contribution in [-0.4, -0.2) is 71.6 Å². The Kier molecular flexibility index (Phi) is 13.1. The molecule has 0 saturated carbocycles. The molecule has 1 heterocycles. The third-order valence-electron chi connectivity index (χ3n) is 6.22. The number of esters is 1. The number of nitrogens with two attached hydrogens (primary N) is 1. The second kappa shape index (κ2) is 16.5. The summed E-state index contributed by atoms with van der Waals surface area (Å²) >= 11 is 0. The Labute approximate surface area is 243 Å². The molecule has 0 radical (unpaired) electrons. The second-order valence-electron chi connectivity index (χ2n) is 10.0. The summed E-state index contributed by atoms with van der Waals surface area (Å²) in [5.74, 6) is -3.16. The van der Waals surface area contributed by atoms with E-state index in [4.69, 9.17) is 10.5 Å². The molecule has 14 nitrogen and oxygen atoms in total. The zero-order chi connectivity index (χ0) is 31.2. The van der Waals surface area contributed by atoms with E-state index >= 15 is 0 Å². The van der Waals surface area contributed by atoms with Crippen molar-refractivity contribution in [3.05, 3.63) is 42.0 Å². The molecular weight excluding hydrogens is 548 g/mol. The summed E-state index contributed by atoms with van der Waals surface area (Å²) in [6.07, 6.45) is 3.01. The van der Waals surface area contributed by atoms with Crippen LogP contribution in [0, 0.1) is 5.92 Å². The zero-order valence-electron chi connectivity index (χ0n) is 23.9. The molecule has 0 unspecified atom stereocenters. The number of carbonyl (C=O) groups is 7. The molecule has 2 rings (SSSR count). The lowest BCUT2D eigenvalue weighted by Crippen LogP contribution is -2.54. The number of urea groups is 1. The van der Waals surface area contributed by atoms with Crippen LogP contribution >= 0.6 is 0 Å². The van der Waals surface area contributed by atoms with Crippen molar-refractivity contribution in [1.82, 2.24) is 20.9 Å². The minimum absolute atomic E-state index is 0.0241. The molecule has 1 aromatic rings. The summed E-state index contributed by atoms with van der Waals surface area (Å²) in [7, 11) is 0. The van der Waals surface area contributed by atoms with Crippen molar-refractivity contribution in [2.45, 2.75) is 65.1 Å². The van der Waals surface area contributed by atoms with E-state index in [0.717, 1.165) is 10.5 Å². The van der Waals surface area contributed by atoms with Crippen LogP contribution < -0.4 is 27.0 Å². The molecule has 42 heavy (non-hydrogen) atoms. The minimum Gasteiger partial charge on any atom is -0.461 e. The lowest BCUT2D eigenvalue weighted by Gasteiger charge is -2.25. The van der Waals surface area contributed by atoms with Gasteiger partial charge in [-0.25, -0.2) is 4.79 Å². The maximum absolute atomic E-state index is 13.2. The molecule has 0 bridgehead atoms. The highest BCUT2D eigenvalue weighted by atomic mass is 16.5. The van der Waals surface area contributed by atoms with Gasteiger partial charge in [0.05, 0.1) is 0 Å². The molecular formula is C28H38N6O8. The largest absolute Gasteiger partial charge is 0.461 e. The first-order valence-corrected chi connectivity index (χ1v) is 13.6. The number of carbonyl (C=O) groups excluding carboxylic acids is 7. The minimum atomic E-state index is -1.01. The van der Waals surface area contributed by atoms with Gasteiger partial charge in [0.25, 0.3) is 11.8 Å². The summed E-state index contributed by atoms with van der Waals surface area (Å²) < 4.78 is 4.95. The Hall–Kier alpha value is -4.75. The standard InChI is InChI=1S/C28H38N6O8/c1-17(2)25(33-22(36)7-5-15-34-23(37)12-13-24(34)38)27(40)32-21(6-4-14-30-28(29)41)26(39)31-20-10-8-19(9-11-20)16-42-18(3)35/h8-13,17,21,25H,4-7,14-16H2,1-3H3,(H,31,39)(H,32,40)(H,33,36)(H3,29,30,41)/t21-,25-/m0/s1. The van der Waals surface area contributed by atoms with Gasteiger partial charge in [-0.2, -0.15) is 0 Å². The van der Waals surface area contributed by atoms with Crippen LogP contribution in [0.5, 0.6) is 0 Å². The second-order valence-corrected chi connectivity index (χ2v) is 10.0. The number of nitrogens with one attached hydrogen (secondary N) is 4. The molecule has 0 spiro atoms. The predicted molar refractivity (Wildman–Crippen MR) is 151 cm³/mol. The van der Waals surface area contributed by atoms with Crippen LogP contribution in [0.15, 0.2) is 36.4 Å². The Morgan fingerprint density at radius 2 is 1.57 bits per heavy atom. The fourth-order valence-electron chi connectivity index (χ4n) is 3.98. The SMILES string of the molecule is CC(=O)OCc1ccc(NC(=O)[C@H](CCCNC(N)=O)NC(=O)[C@@H](NC(=O)CCCN2C(=O)C=CC2=O)C(C)C)cc1. The first kappa shape index (κ1) is 33.5. The molecule has 2 atom stereocenters. The van der Waals surface area contributed by atoms with Crippen LogP contribution in [0.3, 0.4) is 0 Å².